The molecule has 82 valence electrons. The molecule has 0 aliphatic heterocycles. The largest absolute Gasteiger partial charge is 0.508 e. The number of hydrogen-bond donors (Lipinski definition) is 2. The summed E-state index contributed by atoms with van der Waals surface area (Å²) in [4.78, 5) is 0. The van der Waals surface area contributed by atoms with Crippen LogP contribution in [0.5, 0.6) is 5.75 Å². The van der Waals surface area contributed by atoms with E-state index in [-0.39, 0.29) is 5.75 Å². The van der Waals surface area contributed by atoms with Crippen LogP contribution < -0.4 is 0 Å². The third-order valence-corrected chi connectivity index (χ3v) is 2.60. The third-order valence-electron chi connectivity index (χ3n) is 2.60. The molecule has 2 N–H and O–H groups in total. The van der Waals surface area contributed by atoms with Crippen molar-refractivity contribution in [3.8, 4) is 5.75 Å². The van der Waals surface area contributed by atoms with Crippen molar-refractivity contribution < 1.29 is 10.2 Å². The van der Waals surface area contributed by atoms with Crippen LogP contribution in [0.1, 0.15) is 22.8 Å². The Labute approximate surface area is 94.8 Å². The Morgan fingerprint density at radius 1 is 0.812 bits per heavy atom. The number of phenols is 1. The Bertz CT molecular complexity index is 412. The summed E-state index contributed by atoms with van der Waals surface area (Å²) in [5, 5.41) is 19.3. The molecule has 1 atom stereocenters. The van der Waals surface area contributed by atoms with Gasteiger partial charge in [0.25, 0.3) is 0 Å². The van der Waals surface area contributed by atoms with E-state index in [1.165, 1.54) is 5.56 Å². The minimum Gasteiger partial charge on any atom is -0.508 e. The summed E-state index contributed by atoms with van der Waals surface area (Å²) in [6, 6.07) is 14.4. The maximum atomic E-state index is 10.1. The van der Waals surface area contributed by atoms with Crippen LogP contribution in [0.3, 0.4) is 0 Å². The van der Waals surface area contributed by atoms with Crippen molar-refractivity contribution in [1.82, 2.24) is 0 Å². The normalized spacial score (nSPS) is 12.4. The van der Waals surface area contributed by atoms with E-state index in [2.05, 4.69) is 0 Å². The van der Waals surface area contributed by atoms with E-state index in [4.69, 9.17) is 5.11 Å². The fourth-order valence-electron chi connectivity index (χ4n) is 1.60. The smallest absolute Gasteiger partial charge is 0.115 e. The van der Waals surface area contributed by atoms with Gasteiger partial charge in [0.15, 0.2) is 0 Å². The van der Waals surface area contributed by atoms with Crippen molar-refractivity contribution >= 4 is 0 Å². The Balaban J connectivity index is 2.28. The predicted molar refractivity (Wildman–Crippen MR) is 63.3 cm³/mol. The number of aliphatic hydroxyl groups excluding tert-OH is 1. The first-order valence-electron chi connectivity index (χ1n) is 5.20. The van der Waals surface area contributed by atoms with E-state index < -0.39 is 6.10 Å². The number of phenolic OH excluding ortho intramolecular Hbond substituents is 1. The minimum absolute atomic E-state index is 0.208. The number of aromatic hydroxyl groups is 1. The van der Waals surface area contributed by atoms with Gasteiger partial charge in [0.2, 0.25) is 0 Å². The van der Waals surface area contributed by atoms with Crippen LogP contribution in [0, 0.1) is 6.92 Å². The molecule has 0 saturated heterocycles. The average molecular weight is 214 g/mol. The van der Waals surface area contributed by atoms with E-state index in [1.54, 1.807) is 24.3 Å². The van der Waals surface area contributed by atoms with E-state index in [1.807, 2.05) is 31.2 Å². The number of rotatable bonds is 2. The van der Waals surface area contributed by atoms with Crippen molar-refractivity contribution in [3.05, 3.63) is 65.2 Å². The Morgan fingerprint density at radius 2 is 1.25 bits per heavy atom. The molecule has 0 aliphatic carbocycles. The Morgan fingerprint density at radius 3 is 1.75 bits per heavy atom. The van der Waals surface area contributed by atoms with Crippen LogP contribution in [-0.4, -0.2) is 10.2 Å². The van der Waals surface area contributed by atoms with Gasteiger partial charge in [-0.25, -0.2) is 0 Å². The van der Waals surface area contributed by atoms with Gasteiger partial charge < -0.3 is 10.2 Å². The monoisotopic (exact) mass is 214 g/mol. The fourth-order valence-corrected chi connectivity index (χ4v) is 1.60. The molecule has 0 heterocycles. The zero-order valence-corrected chi connectivity index (χ0v) is 9.09. The lowest BCUT2D eigenvalue weighted by Gasteiger charge is -2.11. The molecule has 2 heteroatoms. The van der Waals surface area contributed by atoms with Crippen molar-refractivity contribution in [1.29, 1.82) is 0 Å². The lowest BCUT2D eigenvalue weighted by Crippen LogP contribution is -1.98. The van der Waals surface area contributed by atoms with Crippen LogP contribution in [0.15, 0.2) is 48.5 Å². The summed E-state index contributed by atoms with van der Waals surface area (Å²) in [5.41, 5.74) is 2.81. The van der Waals surface area contributed by atoms with Crippen molar-refractivity contribution in [2.24, 2.45) is 0 Å². The molecule has 2 nitrogen and oxygen atoms in total. The SMILES string of the molecule is Cc1ccc([C@H](O)c2ccc(O)cc2)cc1. The molecule has 0 saturated carbocycles. The summed E-state index contributed by atoms with van der Waals surface area (Å²) in [5.74, 6) is 0.208. The first kappa shape index (κ1) is 10.7. The lowest BCUT2D eigenvalue weighted by atomic mass is 10.0. The second kappa shape index (κ2) is 4.37. The van der Waals surface area contributed by atoms with Gasteiger partial charge in [-0.3, -0.25) is 0 Å². The van der Waals surface area contributed by atoms with Crippen molar-refractivity contribution in [2.45, 2.75) is 13.0 Å². The molecule has 16 heavy (non-hydrogen) atoms. The highest BCUT2D eigenvalue weighted by Gasteiger charge is 2.09. The van der Waals surface area contributed by atoms with Crippen LogP contribution in [0.25, 0.3) is 0 Å². The quantitative estimate of drug-likeness (QED) is 0.807. The van der Waals surface area contributed by atoms with Gasteiger partial charge in [-0.2, -0.15) is 0 Å². The molecular weight excluding hydrogens is 200 g/mol. The topological polar surface area (TPSA) is 40.5 Å². The predicted octanol–water partition coefficient (Wildman–Crippen LogP) is 2.78. The maximum absolute atomic E-state index is 10.1. The molecule has 0 aromatic heterocycles. The van der Waals surface area contributed by atoms with E-state index >= 15 is 0 Å². The summed E-state index contributed by atoms with van der Waals surface area (Å²) in [6.45, 7) is 2.01. The molecule has 0 amide bonds. The highest BCUT2D eigenvalue weighted by atomic mass is 16.3. The molecule has 0 unspecified atom stereocenters. The van der Waals surface area contributed by atoms with Crippen LogP contribution >= 0.6 is 0 Å². The molecule has 2 aromatic rings. The molecule has 0 spiro atoms. The van der Waals surface area contributed by atoms with Crippen LogP contribution in [0.4, 0.5) is 0 Å². The molecule has 2 rings (SSSR count). The maximum Gasteiger partial charge on any atom is 0.115 e. The van der Waals surface area contributed by atoms with E-state index in [9.17, 15) is 5.11 Å². The van der Waals surface area contributed by atoms with Gasteiger partial charge in [0.1, 0.15) is 11.9 Å². The van der Waals surface area contributed by atoms with Crippen LogP contribution in [0.2, 0.25) is 0 Å². The second-order valence-electron chi connectivity index (χ2n) is 3.90. The summed E-state index contributed by atoms with van der Waals surface area (Å²) >= 11 is 0. The van der Waals surface area contributed by atoms with Gasteiger partial charge in [-0.15, -0.1) is 0 Å². The number of benzene rings is 2. The average Bonchev–Trinajstić information content (AvgIpc) is 2.30. The molecule has 0 radical (unpaired) electrons. The summed E-state index contributed by atoms with van der Waals surface area (Å²) in [6.07, 6.45) is -0.638. The second-order valence-corrected chi connectivity index (χ2v) is 3.90. The zero-order chi connectivity index (χ0) is 11.5. The molecule has 0 bridgehead atoms. The highest BCUT2D eigenvalue weighted by Crippen LogP contribution is 2.23. The Kier molecular flexibility index (Phi) is 2.93. The number of aliphatic hydroxyl groups is 1. The van der Waals surface area contributed by atoms with E-state index in [0.29, 0.717) is 0 Å². The number of hydrogen-bond acceptors (Lipinski definition) is 2. The molecular formula is C14H14O2. The first-order valence-corrected chi connectivity index (χ1v) is 5.20. The number of aryl methyl sites for hydroxylation is 1. The first-order chi connectivity index (χ1) is 7.66. The zero-order valence-electron chi connectivity index (χ0n) is 9.09. The Hall–Kier alpha value is -1.80. The fraction of sp³-hybridized carbons (Fsp3) is 0.143. The summed E-state index contributed by atoms with van der Waals surface area (Å²) in [7, 11) is 0. The van der Waals surface area contributed by atoms with Gasteiger partial charge in [0.05, 0.1) is 0 Å². The minimum atomic E-state index is -0.638. The molecule has 0 fully saturated rings. The van der Waals surface area contributed by atoms with Gasteiger partial charge in [-0.1, -0.05) is 42.0 Å². The van der Waals surface area contributed by atoms with Gasteiger partial charge in [-0.05, 0) is 30.2 Å². The molecule has 2 aromatic carbocycles. The lowest BCUT2D eigenvalue weighted by molar-refractivity contribution is 0.220. The highest BCUT2D eigenvalue weighted by molar-refractivity contribution is 5.34. The van der Waals surface area contributed by atoms with Crippen molar-refractivity contribution in [2.75, 3.05) is 0 Å². The van der Waals surface area contributed by atoms with Gasteiger partial charge in [0, 0.05) is 0 Å². The third kappa shape index (κ3) is 2.23. The van der Waals surface area contributed by atoms with Crippen molar-refractivity contribution in [3.63, 3.8) is 0 Å². The molecule has 0 aliphatic rings. The van der Waals surface area contributed by atoms with Crippen LogP contribution in [-0.2, 0) is 0 Å². The summed E-state index contributed by atoms with van der Waals surface area (Å²) < 4.78 is 0. The van der Waals surface area contributed by atoms with E-state index in [0.717, 1.165) is 11.1 Å². The van der Waals surface area contributed by atoms with Gasteiger partial charge >= 0.3 is 0 Å². The standard InChI is InChI=1S/C14H14O2/c1-10-2-4-11(5-3-10)14(16)12-6-8-13(15)9-7-12/h2-9,14-16H,1H3/t14-/m0/s1.